The lowest BCUT2D eigenvalue weighted by Crippen LogP contribution is -2.69. The average molecular weight is 262 g/mol. The number of likely N-dealkylation sites (tertiary alicyclic amines) is 1. The molecule has 3 N–H and O–H groups in total. The number of hydrogen-bond acceptors (Lipinski definition) is 4. The number of aromatic hydroxyl groups is 1. The molecule has 2 aliphatic rings. The highest BCUT2D eigenvalue weighted by Crippen LogP contribution is 2.43. The van der Waals surface area contributed by atoms with E-state index in [0.29, 0.717) is 30.3 Å². The summed E-state index contributed by atoms with van der Waals surface area (Å²) in [6.07, 6.45) is 2.36. The lowest BCUT2D eigenvalue weighted by molar-refractivity contribution is 0.0350. The maximum absolute atomic E-state index is 12.2. The monoisotopic (exact) mass is 262 g/mol. The number of ether oxygens (including phenoxy) is 1. The predicted molar refractivity (Wildman–Crippen MR) is 70.2 cm³/mol. The molecule has 0 aromatic heterocycles. The highest BCUT2D eigenvalue weighted by molar-refractivity contribution is 5.95. The first-order valence-corrected chi connectivity index (χ1v) is 6.49. The summed E-state index contributed by atoms with van der Waals surface area (Å²) >= 11 is 0. The summed E-state index contributed by atoms with van der Waals surface area (Å²) in [6.45, 7) is 1.23. The normalized spacial score (nSPS) is 20.8. The number of nitrogens with zero attached hydrogens (tertiary/aromatic N) is 1. The summed E-state index contributed by atoms with van der Waals surface area (Å²) in [5.41, 5.74) is 6.52. The van der Waals surface area contributed by atoms with Crippen LogP contribution >= 0.6 is 0 Å². The number of carbonyl (C=O) groups is 1. The molecule has 5 nitrogen and oxygen atoms in total. The van der Waals surface area contributed by atoms with Gasteiger partial charge in [-0.3, -0.25) is 4.79 Å². The zero-order chi connectivity index (χ0) is 13.6. The first-order valence-electron chi connectivity index (χ1n) is 6.49. The molecule has 19 heavy (non-hydrogen) atoms. The van der Waals surface area contributed by atoms with Crippen LogP contribution in [0, 0.1) is 5.92 Å². The van der Waals surface area contributed by atoms with Crippen LogP contribution in [0.1, 0.15) is 23.2 Å². The van der Waals surface area contributed by atoms with Gasteiger partial charge in [-0.05, 0) is 37.0 Å². The summed E-state index contributed by atoms with van der Waals surface area (Å²) in [4.78, 5) is 14.0. The SMILES string of the molecule is COc1ccc(C(=O)N2CC(N)(C3CC3)C2)cc1O. The van der Waals surface area contributed by atoms with E-state index in [9.17, 15) is 9.90 Å². The number of nitrogens with two attached hydrogens (primary N) is 1. The number of methoxy groups -OCH3 is 1. The van der Waals surface area contributed by atoms with Crippen molar-refractivity contribution in [3.8, 4) is 11.5 Å². The second kappa shape index (κ2) is 4.13. The molecule has 1 heterocycles. The Hall–Kier alpha value is -1.75. The smallest absolute Gasteiger partial charge is 0.254 e. The van der Waals surface area contributed by atoms with E-state index in [-0.39, 0.29) is 17.2 Å². The van der Waals surface area contributed by atoms with Crippen LogP contribution in [0.5, 0.6) is 11.5 Å². The lowest BCUT2D eigenvalue weighted by atomic mass is 9.85. The minimum atomic E-state index is -0.176. The predicted octanol–water partition coefficient (Wildman–Crippen LogP) is 0.964. The molecule has 102 valence electrons. The Morgan fingerprint density at radius 3 is 2.68 bits per heavy atom. The summed E-state index contributed by atoms with van der Waals surface area (Å²) in [5, 5.41) is 9.69. The molecule has 2 fully saturated rings. The van der Waals surface area contributed by atoms with Crippen LogP contribution in [0.25, 0.3) is 0 Å². The summed E-state index contributed by atoms with van der Waals surface area (Å²) in [6, 6.07) is 4.70. The molecular formula is C14H18N2O3. The van der Waals surface area contributed by atoms with E-state index in [1.165, 1.54) is 26.0 Å². The van der Waals surface area contributed by atoms with Gasteiger partial charge < -0.3 is 20.5 Å². The third-order valence-corrected chi connectivity index (χ3v) is 4.07. The average Bonchev–Trinajstić information content (AvgIpc) is 3.18. The Morgan fingerprint density at radius 1 is 1.47 bits per heavy atom. The van der Waals surface area contributed by atoms with Crippen molar-refractivity contribution in [3.63, 3.8) is 0 Å². The molecular weight excluding hydrogens is 244 g/mol. The number of hydrogen-bond donors (Lipinski definition) is 2. The van der Waals surface area contributed by atoms with Crippen molar-refractivity contribution in [2.45, 2.75) is 18.4 Å². The van der Waals surface area contributed by atoms with E-state index in [4.69, 9.17) is 10.5 Å². The van der Waals surface area contributed by atoms with E-state index >= 15 is 0 Å². The molecule has 0 atom stereocenters. The van der Waals surface area contributed by atoms with Gasteiger partial charge in [0.05, 0.1) is 12.6 Å². The van der Waals surface area contributed by atoms with Crippen LogP contribution < -0.4 is 10.5 Å². The largest absolute Gasteiger partial charge is 0.504 e. The maximum Gasteiger partial charge on any atom is 0.254 e. The molecule has 1 aliphatic heterocycles. The third kappa shape index (κ3) is 2.04. The fourth-order valence-electron chi connectivity index (χ4n) is 2.73. The van der Waals surface area contributed by atoms with Crippen molar-refractivity contribution in [2.75, 3.05) is 20.2 Å². The highest BCUT2D eigenvalue weighted by Gasteiger charge is 2.51. The van der Waals surface area contributed by atoms with Crippen molar-refractivity contribution < 1.29 is 14.6 Å². The van der Waals surface area contributed by atoms with Gasteiger partial charge in [0.15, 0.2) is 11.5 Å². The van der Waals surface area contributed by atoms with Gasteiger partial charge in [0, 0.05) is 18.7 Å². The maximum atomic E-state index is 12.2. The number of phenolic OH excluding ortho intramolecular Hbond substituents is 1. The third-order valence-electron chi connectivity index (χ3n) is 4.07. The van der Waals surface area contributed by atoms with Crippen LogP contribution in [0.2, 0.25) is 0 Å². The van der Waals surface area contributed by atoms with Crippen LogP contribution in [-0.2, 0) is 0 Å². The van der Waals surface area contributed by atoms with Gasteiger partial charge in [-0.2, -0.15) is 0 Å². The van der Waals surface area contributed by atoms with Crippen LogP contribution in [0.4, 0.5) is 0 Å². The van der Waals surface area contributed by atoms with E-state index in [1.54, 1.807) is 17.0 Å². The molecule has 1 saturated heterocycles. The number of benzene rings is 1. The molecule has 1 aromatic rings. The Morgan fingerprint density at radius 2 is 2.16 bits per heavy atom. The van der Waals surface area contributed by atoms with Gasteiger partial charge in [0.1, 0.15) is 0 Å². The Labute approximate surface area is 112 Å². The summed E-state index contributed by atoms with van der Waals surface area (Å²) < 4.78 is 4.96. The lowest BCUT2D eigenvalue weighted by Gasteiger charge is -2.48. The second-order valence-corrected chi connectivity index (χ2v) is 5.56. The summed E-state index contributed by atoms with van der Waals surface area (Å²) in [5.74, 6) is 0.849. The van der Waals surface area contributed by atoms with Crippen LogP contribution in [0.3, 0.4) is 0 Å². The minimum absolute atomic E-state index is 0.0184. The summed E-state index contributed by atoms with van der Waals surface area (Å²) in [7, 11) is 1.48. The van der Waals surface area contributed by atoms with Crippen molar-refractivity contribution in [1.29, 1.82) is 0 Å². The first-order chi connectivity index (χ1) is 9.03. The first kappa shape index (κ1) is 12.3. The van der Waals surface area contributed by atoms with Crippen molar-refractivity contribution in [1.82, 2.24) is 4.90 Å². The van der Waals surface area contributed by atoms with Gasteiger partial charge in [-0.1, -0.05) is 0 Å². The molecule has 3 rings (SSSR count). The topological polar surface area (TPSA) is 75.8 Å². The van der Waals surface area contributed by atoms with Crippen LogP contribution in [-0.4, -0.2) is 41.7 Å². The number of rotatable bonds is 3. The molecule has 1 amide bonds. The molecule has 0 spiro atoms. The van der Waals surface area contributed by atoms with Crippen molar-refractivity contribution in [2.24, 2.45) is 11.7 Å². The van der Waals surface area contributed by atoms with Gasteiger partial charge in [-0.15, -0.1) is 0 Å². The van der Waals surface area contributed by atoms with Crippen LogP contribution in [0.15, 0.2) is 18.2 Å². The Bertz CT molecular complexity index is 519. The van der Waals surface area contributed by atoms with Crippen molar-refractivity contribution >= 4 is 5.91 Å². The molecule has 1 aliphatic carbocycles. The molecule has 1 saturated carbocycles. The van der Waals surface area contributed by atoms with Gasteiger partial charge in [-0.25, -0.2) is 0 Å². The minimum Gasteiger partial charge on any atom is -0.504 e. The highest BCUT2D eigenvalue weighted by atomic mass is 16.5. The van der Waals surface area contributed by atoms with Gasteiger partial charge in [0.2, 0.25) is 0 Å². The fourth-order valence-corrected chi connectivity index (χ4v) is 2.73. The Kier molecular flexibility index (Phi) is 2.67. The molecule has 1 aromatic carbocycles. The fraction of sp³-hybridized carbons (Fsp3) is 0.500. The second-order valence-electron chi connectivity index (χ2n) is 5.56. The number of amides is 1. The zero-order valence-electron chi connectivity index (χ0n) is 10.9. The van der Waals surface area contributed by atoms with Gasteiger partial charge in [0.25, 0.3) is 5.91 Å². The Balaban J connectivity index is 1.70. The quantitative estimate of drug-likeness (QED) is 0.851. The van der Waals surface area contributed by atoms with E-state index in [1.807, 2.05) is 0 Å². The number of phenols is 1. The molecule has 0 radical (unpaired) electrons. The molecule has 0 unspecified atom stereocenters. The van der Waals surface area contributed by atoms with E-state index in [2.05, 4.69) is 0 Å². The zero-order valence-corrected chi connectivity index (χ0v) is 10.9. The molecule has 0 bridgehead atoms. The number of carbonyl (C=O) groups excluding carboxylic acids is 1. The van der Waals surface area contributed by atoms with Gasteiger partial charge >= 0.3 is 0 Å². The molecule has 5 heteroatoms. The van der Waals surface area contributed by atoms with E-state index in [0.717, 1.165) is 0 Å². The van der Waals surface area contributed by atoms with E-state index < -0.39 is 0 Å². The standard InChI is InChI=1S/C14H18N2O3/c1-19-12-5-2-9(6-11(12)17)13(18)16-7-14(15,8-16)10-3-4-10/h2,5-6,10,17H,3-4,7-8,15H2,1H3. The van der Waals surface area contributed by atoms with Crippen molar-refractivity contribution in [3.05, 3.63) is 23.8 Å².